The fourth-order valence-electron chi connectivity index (χ4n) is 5.07. The van der Waals surface area contributed by atoms with Gasteiger partial charge in [0.1, 0.15) is 11.5 Å². The topological polar surface area (TPSA) is 77.5 Å². The zero-order chi connectivity index (χ0) is 26.8. The van der Waals surface area contributed by atoms with Crippen LogP contribution in [0.1, 0.15) is 77.2 Å². The number of aliphatic carboxylic acids is 1. The quantitative estimate of drug-likeness (QED) is 0.315. The SMILES string of the molecule is CC(C)(C)c1cc(C=CC=C2N(CCCCCC(=O)O)c3ccccc3C2(C)C)c2ccc(=N)cc-2o1. The Morgan fingerprint density at radius 1 is 1.08 bits per heavy atom. The molecule has 194 valence electrons. The van der Waals surface area contributed by atoms with Crippen molar-refractivity contribution in [1.29, 1.82) is 5.41 Å². The van der Waals surface area contributed by atoms with Gasteiger partial charge in [-0.05, 0) is 54.3 Å². The van der Waals surface area contributed by atoms with E-state index in [4.69, 9.17) is 14.9 Å². The maximum atomic E-state index is 10.9. The van der Waals surface area contributed by atoms with Crippen LogP contribution in [0.15, 0.2) is 70.8 Å². The van der Waals surface area contributed by atoms with Gasteiger partial charge in [-0.3, -0.25) is 4.79 Å². The molecule has 0 radical (unpaired) electrons. The first kappa shape index (κ1) is 26.5. The van der Waals surface area contributed by atoms with Crippen molar-refractivity contribution in [3.05, 3.63) is 88.6 Å². The molecule has 1 aliphatic carbocycles. The molecule has 2 aliphatic heterocycles. The number of benzene rings is 2. The average Bonchev–Trinajstić information content (AvgIpc) is 3.04. The van der Waals surface area contributed by atoms with E-state index in [9.17, 15) is 4.79 Å². The number of hydrogen-bond donors (Lipinski definition) is 2. The van der Waals surface area contributed by atoms with Crippen molar-refractivity contribution < 1.29 is 14.3 Å². The molecule has 1 aromatic carbocycles. The molecule has 5 nitrogen and oxygen atoms in total. The smallest absolute Gasteiger partial charge is 0.303 e. The summed E-state index contributed by atoms with van der Waals surface area (Å²) in [5.41, 5.74) is 5.53. The van der Waals surface area contributed by atoms with Gasteiger partial charge in [0.15, 0.2) is 0 Å². The number of nitrogens with one attached hydrogen (secondary N) is 1. The van der Waals surface area contributed by atoms with Crippen molar-refractivity contribution in [2.45, 2.75) is 71.1 Å². The zero-order valence-electron chi connectivity index (χ0n) is 22.6. The van der Waals surface area contributed by atoms with Gasteiger partial charge in [-0.25, -0.2) is 0 Å². The summed E-state index contributed by atoms with van der Waals surface area (Å²) in [5, 5.41) is 17.4. The third-order valence-corrected chi connectivity index (χ3v) is 7.14. The maximum Gasteiger partial charge on any atom is 0.303 e. The number of rotatable bonds is 8. The fourth-order valence-corrected chi connectivity index (χ4v) is 5.07. The van der Waals surface area contributed by atoms with Crippen molar-refractivity contribution in [2.75, 3.05) is 11.4 Å². The van der Waals surface area contributed by atoms with Crippen LogP contribution in [0, 0.1) is 5.41 Å². The van der Waals surface area contributed by atoms with E-state index in [2.05, 4.69) is 88.1 Å². The minimum absolute atomic E-state index is 0.146. The lowest BCUT2D eigenvalue weighted by atomic mass is 9.83. The fraction of sp³-hybridized carbons (Fsp3) is 0.375. The number of unbranched alkanes of at least 4 members (excludes halogenated alkanes) is 2. The molecule has 2 heterocycles. The molecule has 1 aromatic rings. The van der Waals surface area contributed by atoms with E-state index in [-0.39, 0.29) is 17.3 Å². The minimum Gasteiger partial charge on any atom is -0.481 e. The molecular formula is C32H38N2O3. The summed E-state index contributed by atoms with van der Waals surface area (Å²) in [5.74, 6) is 0.881. The Morgan fingerprint density at radius 2 is 1.84 bits per heavy atom. The maximum absolute atomic E-state index is 10.9. The largest absolute Gasteiger partial charge is 0.481 e. The first-order valence-corrected chi connectivity index (χ1v) is 13.1. The van der Waals surface area contributed by atoms with E-state index >= 15 is 0 Å². The summed E-state index contributed by atoms with van der Waals surface area (Å²) in [4.78, 5) is 13.3. The van der Waals surface area contributed by atoms with Crippen LogP contribution in [0.25, 0.3) is 17.4 Å². The molecule has 0 saturated carbocycles. The van der Waals surface area contributed by atoms with Crippen LogP contribution in [-0.2, 0) is 15.6 Å². The van der Waals surface area contributed by atoms with Crippen LogP contribution in [0.2, 0.25) is 0 Å². The molecular weight excluding hydrogens is 460 g/mol. The molecule has 0 aromatic heterocycles. The van der Waals surface area contributed by atoms with Gasteiger partial charge in [0.05, 0.1) is 5.36 Å². The van der Waals surface area contributed by atoms with Crippen molar-refractivity contribution in [1.82, 2.24) is 0 Å². The summed E-state index contributed by atoms with van der Waals surface area (Å²) < 4.78 is 6.18. The molecule has 2 N–H and O–H groups in total. The lowest BCUT2D eigenvalue weighted by Gasteiger charge is -2.27. The first-order valence-electron chi connectivity index (χ1n) is 13.1. The Kier molecular flexibility index (Phi) is 7.44. The number of fused-ring (bicyclic) bond motifs is 2. The normalized spacial score (nSPS) is 16.1. The second-order valence-corrected chi connectivity index (χ2v) is 11.4. The van der Waals surface area contributed by atoms with Crippen LogP contribution in [0.5, 0.6) is 0 Å². The molecule has 0 bridgehead atoms. The Balaban J connectivity index is 1.68. The van der Waals surface area contributed by atoms with Crippen LogP contribution < -0.4 is 10.3 Å². The average molecular weight is 499 g/mol. The van der Waals surface area contributed by atoms with Gasteiger partial charge in [0.2, 0.25) is 0 Å². The van der Waals surface area contributed by atoms with Crippen molar-refractivity contribution in [2.24, 2.45) is 0 Å². The first-order chi connectivity index (χ1) is 17.5. The molecule has 0 saturated heterocycles. The third-order valence-electron chi connectivity index (χ3n) is 7.14. The van der Waals surface area contributed by atoms with Gasteiger partial charge in [0.25, 0.3) is 0 Å². The van der Waals surface area contributed by atoms with Crippen LogP contribution in [0.3, 0.4) is 0 Å². The molecule has 0 amide bonds. The standard InChI is InChI=1S/C32H38N2O3/c1-31(2,3)29-20-22(24-18-17-23(33)21-27(24)37-29)12-11-15-28-32(4,5)25-13-8-9-14-26(25)34(28)19-10-6-7-16-30(35)36/h8-9,11-15,17-18,20-21,33H,6-7,10,16,19H2,1-5H3,(H,35,36). The van der Waals surface area contributed by atoms with E-state index in [0.717, 1.165) is 42.0 Å². The summed E-state index contributed by atoms with van der Waals surface area (Å²) in [6.45, 7) is 11.8. The molecule has 3 aliphatic rings. The van der Waals surface area contributed by atoms with Crippen molar-refractivity contribution >= 4 is 17.7 Å². The molecule has 0 spiro atoms. The van der Waals surface area contributed by atoms with E-state index in [0.29, 0.717) is 11.8 Å². The number of carboxylic acids is 1. The highest BCUT2D eigenvalue weighted by molar-refractivity contribution is 5.75. The summed E-state index contributed by atoms with van der Waals surface area (Å²) in [7, 11) is 0. The number of nitrogens with zero attached hydrogens (tertiary/aromatic N) is 1. The Morgan fingerprint density at radius 3 is 2.57 bits per heavy atom. The molecule has 0 atom stereocenters. The van der Waals surface area contributed by atoms with E-state index in [1.165, 1.54) is 16.9 Å². The van der Waals surface area contributed by atoms with E-state index in [1.54, 1.807) is 12.1 Å². The monoisotopic (exact) mass is 498 g/mol. The summed E-state index contributed by atoms with van der Waals surface area (Å²) >= 11 is 0. The molecule has 0 unspecified atom stereocenters. The lowest BCUT2D eigenvalue weighted by molar-refractivity contribution is -0.137. The highest BCUT2D eigenvalue weighted by Crippen LogP contribution is 2.47. The highest BCUT2D eigenvalue weighted by atomic mass is 16.4. The second-order valence-electron chi connectivity index (χ2n) is 11.4. The Labute approximate surface area is 220 Å². The number of carbonyl (C=O) groups is 1. The minimum atomic E-state index is -0.729. The molecule has 5 heteroatoms. The van der Waals surface area contributed by atoms with Gasteiger partial charge in [0, 0.05) is 46.8 Å². The number of anilines is 1. The predicted octanol–water partition coefficient (Wildman–Crippen LogP) is 7.50. The highest BCUT2D eigenvalue weighted by Gasteiger charge is 2.39. The van der Waals surface area contributed by atoms with Gasteiger partial charge in [-0.1, -0.05) is 71.4 Å². The van der Waals surface area contributed by atoms with Crippen molar-refractivity contribution in [3.63, 3.8) is 0 Å². The van der Waals surface area contributed by atoms with Crippen LogP contribution in [0.4, 0.5) is 5.69 Å². The van der Waals surface area contributed by atoms with Gasteiger partial charge >= 0.3 is 5.97 Å². The van der Waals surface area contributed by atoms with E-state index < -0.39 is 5.97 Å². The zero-order valence-corrected chi connectivity index (χ0v) is 22.6. The van der Waals surface area contributed by atoms with E-state index in [1.807, 2.05) is 6.07 Å². The predicted molar refractivity (Wildman–Crippen MR) is 150 cm³/mol. The number of para-hydroxylation sites is 1. The number of hydrogen-bond acceptors (Lipinski definition) is 4. The number of carboxylic acid groups (broad SMARTS) is 1. The molecule has 0 fully saturated rings. The van der Waals surface area contributed by atoms with Gasteiger partial charge < -0.3 is 19.8 Å². The van der Waals surface area contributed by atoms with Crippen LogP contribution in [-0.4, -0.2) is 17.6 Å². The second kappa shape index (κ2) is 10.4. The summed E-state index contributed by atoms with van der Waals surface area (Å²) in [6, 6.07) is 16.2. The third kappa shape index (κ3) is 5.71. The molecule has 4 rings (SSSR count). The van der Waals surface area contributed by atoms with Gasteiger partial charge in [-0.15, -0.1) is 0 Å². The Bertz CT molecular complexity index is 1370. The van der Waals surface area contributed by atoms with Gasteiger partial charge in [-0.2, -0.15) is 0 Å². The lowest BCUT2D eigenvalue weighted by Crippen LogP contribution is -2.27. The Hall–Kier alpha value is -3.60. The summed E-state index contributed by atoms with van der Waals surface area (Å²) in [6.07, 6.45) is 9.22. The number of allylic oxidation sites excluding steroid dienone is 3. The van der Waals surface area contributed by atoms with Crippen molar-refractivity contribution in [3.8, 4) is 11.3 Å². The molecule has 37 heavy (non-hydrogen) atoms. The van der Waals surface area contributed by atoms with Crippen LogP contribution >= 0.6 is 0 Å².